The van der Waals surface area contributed by atoms with Crippen molar-refractivity contribution in [2.24, 2.45) is 0 Å². The predicted octanol–water partition coefficient (Wildman–Crippen LogP) is 4.87. The molecule has 3 rings (SSSR count). The number of sulfonamides is 1. The van der Waals surface area contributed by atoms with E-state index >= 15 is 0 Å². The van der Waals surface area contributed by atoms with Gasteiger partial charge in [-0.3, -0.25) is 9.52 Å². The summed E-state index contributed by atoms with van der Waals surface area (Å²) in [4.78, 5) is 13.2. The highest BCUT2D eigenvalue weighted by Gasteiger charge is 2.14. The second kappa shape index (κ2) is 9.14. The van der Waals surface area contributed by atoms with E-state index in [-0.39, 0.29) is 16.6 Å². The molecule has 0 saturated carbocycles. The zero-order valence-electron chi connectivity index (χ0n) is 14.6. The summed E-state index contributed by atoms with van der Waals surface area (Å²) in [5.41, 5.74) is 0.948. The summed E-state index contributed by atoms with van der Waals surface area (Å²) in [5, 5.41) is 3.28. The number of anilines is 2. The van der Waals surface area contributed by atoms with Crippen molar-refractivity contribution in [2.45, 2.75) is 9.79 Å². The molecule has 0 bridgehead atoms. The van der Waals surface area contributed by atoms with Crippen molar-refractivity contribution in [1.29, 1.82) is 0 Å². The number of benzene rings is 3. The molecule has 0 atom stereocenters. The van der Waals surface area contributed by atoms with Crippen LogP contribution in [0.5, 0.6) is 0 Å². The van der Waals surface area contributed by atoms with Gasteiger partial charge in [-0.05, 0) is 60.7 Å². The lowest BCUT2D eigenvalue weighted by Gasteiger charge is -2.09. The van der Waals surface area contributed by atoms with E-state index in [0.29, 0.717) is 16.4 Å². The maximum absolute atomic E-state index is 12.4. The fourth-order valence-electron chi connectivity index (χ4n) is 2.31. The van der Waals surface area contributed by atoms with E-state index in [1.54, 1.807) is 36.4 Å². The Bertz CT molecular complexity index is 1040. The minimum Gasteiger partial charge on any atom is -0.325 e. The molecule has 0 aliphatic rings. The van der Waals surface area contributed by atoms with E-state index in [1.807, 2.05) is 30.3 Å². The molecule has 0 aliphatic heterocycles. The molecular weight excluding hydrogens is 416 g/mol. The predicted molar refractivity (Wildman–Crippen MR) is 114 cm³/mol. The molecular formula is C20H17ClN2O3S2. The lowest BCUT2D eigenvalue weighted by atomic mass is 10.3. The molecule has 0 unspecified atom stereocenters. The summed E-state index contributed by atoms with van der Waals surface area (Å²) in [6.45, 7) is 0. The van der Waals surface area contributed by atoms with Gasteiger partial charge in [-0.25, -0.2) is 8.42 Å². The van der Waals surface area contributed by atoms with Crippen molar-refractivity contribution in [2.75, 3.05) is 15.8 Å². The lowest BCUT2D eigenvalue weighted by molar-refractivity contribution is -0.113. The van der Waals surface area contributed by atoms with Gasteiger partial charge in [0.2, 0.25) is 5.91 Å². The Morgan fingerprint density at radius 2 is 1.46 bits per heavy atom. The molecule has 0 radical (unpaired) electrons. The van der Waals surface area contributed by atoms with E-state index in [0.717, 1.165) is 4.90 Å². The van der Waals surface area contributed by atoms with Crippen molar-refractivity contribution in [3.8, 4) is 0 Å². The van der Waals surface area contributed by atoms with Crippen molar-refractivity contribution < 1.29 is 13.2 Å². The molecule has 3 aromatic rings. The third-order valence-corrected chi connectivity index (χ3v) is 6.32. The molecule has 1 amide bonds. The number of halogens is 1. The molecule has 2 N–H and O–H groups in total. The fraction of sp³-hybridized carbons (Fsp3) is 0.0500. The number of amides is 1. The average molecular weight is 433 g/mol. The van der Waals surface area contributed by atoms with Crippen LogP contribution in [0, 0.1) is 0 Å². The number of thioether (sulfide) groups is 1. The topological polar surface area (TPSA) is 75.3 Å². The summed E-state index contributed by atoms with van der Waals surface area (Å²) in [7, 11) is -3.73. The number of hydrogen-bond acceptors (Lipinski definition) is 4. The second-order valence-electron chi connectivity index (χ2n) is 5.79. The van der Waals surface area contributed by atoms with Crippen LogP contribution in [0.1, 0.15) is 0 Å². The Kier molecular flexibility index (Phi) is 6.61. The fourth-order valence-corrected chi connectivity index (χ4v) is 4.22. The summed E-state index contributed by atoms with van der Waals surface area (Å²) < 4.78 is 27.4. The summed E-state index contributed by atoms with van der Waals surface area (Å²) in [6, 6.07) is 22.0. The second-order valence-corrected chi connectivity index (χ2v) is 8.95. The third kappa shape index (κ3) is 5.76. The van der Waals surface area contributed by atoms with Crippen molar-refractivity contribution >= 4 is 50.7 Å². The van der Waals surface area contributed by atoms with Crippen LogP contribution in [0.4, 0.5) is 11.4 Å². The minimum absolute atomic E-state index is 0.0964. The Morgan fingerprint density at radius 3 is 2.11 bits per heavy atom. The van der Waals surface area contributed by atoms with Crippen LogP contribution in [0.15, 0.2) is 88.7 Å². The number of rotatable bonds is 7. The molecule has 0 heterocycles. The Morgan fingerprint density at radius 1 is 0.857 bits per heavy atom. The number of nitrogens with one attached hydrogen (secondary N) is 2. The molecule has 0 fully saturated rings. The van der Waals surface area contributed by atoms with Gasteiger partial charge in [0.25, 0.3) is 10.0 Å². The van der Waals surface area contributed by atoms with Gasteiger partial charge in [-0.1, -0.05) is 29.8 Å². The van der Waals surface area contributed by atoms with Crippen LogP contribution >= 0.6 is 23.4 Å². The normalized spacial score (nSPS) is 11.0. The van der Waals surface area contributed by atoms with Gasteiger partial charge in [-0.2, -0.15) is 0 Å². The highest BCUT2D eigenvalue weighted by molar-refractivity contribution is 8.00. The van der Waals surface area contributed by atoms with E-state index in [2.05, 4.69) is 10.0 Å². The van der Waals surface area contributed by atoms with Crippen molar-refractivity contribution in [3.63, 3.8) is 0 Å². The molecule has 0 aliphatic carbocycles. The SMILES string of the molecule is O=C(CSc1ccccc1)Nc1ccc(S(=O)(=O)Nc2ccc(Cl)cc2)cc1. The molecule has 8 heteroatoms. The first-order chi connectivity index (χ1) is 13.4. The van der Waals surface area contributed by atoms with Gasteiger partial charge in [0, 0.05) is 21.3 Å². The Balaban J connectivity index is 1.59. The zero-order valence-corrected chi connectivity index (χ0v) is 17.0. The number of hydrogen-bond donors (Lipinski definition) is 2. The molecule has 5 nitrogen and oxygen atoms in total. The molecule has 0 saturated heterocycles. The van der Waals surface area contributed by atoms with E-state index in [4.69, 9.17) is 11.6 Å². The van der Waals surface area contributed by atoms with Gasteiger partial charge in [0.15, 0.2) is 0 Å². The van der Waals surface area contributed by atoms with Crippen LogP contribution in [-0.4, -0.2) is 20.1 Å². The molecule has 0 aromatic heterocycles. The maximum Gasteiger partial charge on any atom is 0.261 e. The van der Waals surface area contributed by atoms with Crippen LogP contribution in [0.3, 0.4) is 0 Å². The quantitative estimate of drug-likeness (QED) is 0.522. The summed E-state index contributed by atoms with van der Waals surface area (Å²) in [6.07, 6.45) is 0. The van der Waals surface area contributed by atoms with Crippen LogP contribution in [0.25, 0.3) is 0 Å². The molecule has 28 heavy (non-hydrogen) atoms. The average Bonchev–Trinajstić information content (AvgIpc) is 2.69. The van der Waals surface area contributed by atoms with Crippen LogP contribution in [-0.2, 0) is 14.8 Å². The standard InChI is InChI=1S/C20H17ClN2O3S2/c21-15-6-8-17(9-7-15)23-28(25,26)19-12-10-16(11-13-19)22-20(24)14-27-18-4-2-1-3-5-18/h1-13,23H,14H2,(H,22,24). The maximum atomic E-state index is 12.4. The van der Waals surface area contributed by atoms with Gasteiger partial charge < -0.3 is 5.32 Å². The zero-order chi connectivity index (χ0) is 20.0. The Hall–Kier alpha value is -2.48. The number of carbonyl (C=O) groups excluding carboxylic acids is 1. The first kappa shape index (κ1) is 20.3. The lowest BCUT2D eigenvalue weighted by Crippen LogP contribution is -2.15. The first-order valence-corrected chi connectivity index (χ1v) is 11.1. The summed E-state index contributed by atoms with van der Waals surface area (Å²) in [5.74, 6) is 0.103. The molecule has 0 spiro atoms. The van der Waals surface area contributed by atoms with Crippen LogP contribution in [0.2, 0.25) is 5.02 Å². The highest BCUT2D eigenvalue weighted by atomic mass is 35.5. The van der Waals surface area contributed by atoms with Gasteiger partial charge in [0.05, 0.1) is 10.6 Å². The van der Waals surface area contributed by atoms with Gasteiger partial charge in [0.1, 0.15) is 0 Å². The van der Waals surface area contributed by atoms with E-state index in [1.165, 1.54) is 23.9 Å². The van der Waals surface area contributed by atoms with Gasteiger partial charge in [-0.15, -0.1) is 11.8 Å². The highest BCUT2D eigenvalue weighted by Crippen LogP contribution is 2.21. The summed E-state index contributed by atoms with van der Waals surface area (Å²) >= 11 is 7.23. The van der Waals surface area contributed by atoms with Crippen molar-refractivity contribution in [3.05, 3.63) is 83.9 Å². The minimum atomic E-state index is -3.73. The van der Waals surface area contributed by atoms with E-state index < -0.39 is 10.0 Å². The molecule has 144 valence electrons. The monoisotopic (exact) mass is 432 g/mol. The van der Waals surface area contributed by atoms with Crippen molar-refractivity contribution in [1.82, 2.24) is 0 Å². The first-order valence-electron chi connectivity index (χ1n) is 8.28. The van der Waals surface area contributed by atoms with E-state index in [9.17, 15) is 13.2 Å². The smallest absolute Gasteiger partial charge is 0.261 e. The number of carbonyl (C=O) groups is 1. The Labute approximate surface area is 173 Å². The third-order valence-electron chi connectivity index (χ3n) is 3.66. The molecule has 3 aromatic carbocycles. The van der Waals surface area contributed by atoms with Gasteiger partial charge >= 0.3 is 0 Å². The largest absolute Gasteiger partial charge is 0.325 e. The van der Waals surface area contributed by atoms with Crippen LogP contribution < -0.4 is 10.0 Å².